The van der Waals surface area contributed by atoms with Crippen LogP contribution >= 0.6 is 11.3 Å². The Labute approximate surface area is 397 Å². The summed E-state index contributed by atoms with van der Waals surface area (Å²) in [5.41, 5.74) is 21.3. The molecule has 11 aromatic rings. The molecule has 0 atom stereocenters. The zero-order valence-electron chi connectivity index (χ0n) is 37.8. The van der Waals surface area contributed by atoms with Gasteiger partial charge in [0, 0.05) is 55.5 Å². The van der Waals surface area contributed by atoms with Crippen LogP contribution in [0.4, 0.5) is 0 Å². The molecule has 0 aliphatic carbocycles. The first-order valence-corrected chi connectivity index (χ1v) is 24.0. The van der Waals surface area contributed by atoms with Crippen molar-refractivity contribution >= 4 is 31.5 Å². The summed E-state index contributed by atoms with van der Waals surface area (Å²) >= 11 is 1.86. The number of aromatic nitrogens is 3. The molecule has 322 valence electrons. The van der Waals surface area contributed by atoms with E-state index in [-0.39, 0.29) is 0 Å². The molecule has 0 N–H and O–H groups in total. The Balaban J connectivity index is 0.965. The normalized spacial score (nSPS) is 11.4. The number of nitrogens with zero attached hydrogens (tertiary/aromatic N) is 3. The average molecular weight is 880 g/mol. The van der Waals surface area contributed by atoms with Gasteiger partial charge in [-0.2, -0.15) is 0 Å². The lowest BCUT2D eigenvalue weighted by atomic mass is 9.86. The van der Waals surface area contributed by atoms with Crippen LogP contribution in [0.1, 0.15) is 33.4 Å². The van der Waals surface area contributed by atoms with Crippen molar-refractivity contribution in [2.45, 2.75) is 39.5 Å². The maximum atomic E-state index is 4.77. The van der Waals surface area contributed by atoms with Crippen LogP contribution in [0.25, 0.3) is 87.3 Å². The van der Waals surface area contributed by atoms with E-state index < -0.39 is 0 Å². The fourth-order valence-electron chi connectivity index (χ4n) is 9.32. The van der Waals surface area contributed by atoms with E-state index >= 15 is 0 Å². The summed E-state index contributed by atoms with van der Waals surface area (Å²) < 4.78 is 2.60. The van der Waals surface area contributed by atoms with Gasteiger partial charge in [-0.1, -0.05) is 152 Å². The number of aryl methyl sites for hydroxylation is 6. The van der Waals surface area contributed by atoms with Gasteiger partial charge in [0.2, 0.25) is 0 Å². The molecule has 0 aliphatic heterocycles. The molecule has 0 saturated heterocycles. The number of benzene rings is 7. The minimum Gasteiger partial charge on any atom is -0.256 e. The average Bonchev–Trinajstić information content (AvgIpc) is 3.76. The van der Waals surface area contributed by atoms with Gasteiger partial charge >= 0.3 is 0 Å². The van der Waals surface area contributed by atoms with Crippen LogP contribution in [-0.4, -0.2) is 15.0 Å². The molecule has 11 rings (SSSR count). The number of fused-ring (bicyclic) bond motifs is 3. The Bertz CT molecular complexity index is 3390. The van der Waals surface area contributed by atoms with Crippen LogP contribution in [0.3, 0.4) is 0 Å². The van der Waals surface area contributed by atoms with Crippen molar-refractivity contribution in [1.82, 2.24) is 15.0 Å². The Morgan fingerprint density at radius 1 is 0.328 bits per heavy atom. The van der Waals surface area contributed by atoms with E-state index in [1.807, 2.05) is 36.0 Å². The molecule has 4 heteroatoms. The highest BCUT2D eigenvalue weighted by Gasteiger charge is 2.17. The van der Waals surface area contributed by atoms with Gasteiger partial charge in [0.15, 0.2) is 0 Å². The molecule has 67 heavy (non-hydrogen) atoms. The van der Waals surface area contributed by atoms with Crippen molar-refractivity contribution in [1.29, 1.82) is 0 Å². The van der Waals surface area contributed by atoms with E-state index in [1.54, 1.807) is 0 Å². The summed E-state index contributed by atoms with van der Waals surface area (Å²) in [6.07, 6.45) is 9.51. The van der Waals surface area contributed by atoms with Gasteiger partial charge in [-0.15, -0.1) is 11.3 Å². The van der Waals surface area contributed by atoms with Crippen molar-refractivity contribution in [2.75, 3.05) is 0 Å². The van der Waals surface area contributed by atoms with E-state index in [1.165, 1.54) is 86.9 Å². The maximum Gasteiger partial charge on any atom is 0.0702 e. The van der Waals surface area contributed by atoms with Gasteiger partial charge in [0.25, 0.3) is 0 Å². The summed E-state index contributed by atoms with van der Waals surface area (Å²) in [5, 5.41) is 2.61. The Hall–Kier alpha value is -7.79. The van der Waals surface area contributed by atoms with Crippen LogP contribution in [0.5, 0.6) is 0 Å². The lowest BCUT2D eigenvalue weighted by Crippen LogP contribution is -1.98. The second-order valence-electron chi connectivity index (χ2n) is 17.7. The number of rotatable bonds is 12. The monoisotopic (exact) mass is 879 g/mol. The largest absolute Gasteiger partial charge is 0.256 e. The fraction of sp³-hybridized carbons (Fsp3) is 0.0952. The fourth-order valence-corrected chi connectivity index (χ4v) is 10.5. The predicted molar refractivity (Wildman–Crippen MR) is 283 cm³/mol. The molecular weight excluding hydrogens is 831 g/mol. The molecule has 3 nitrogen and oxygen atoms in total. The molecule has 7 aromatic carbocycles. The topological polar surface area (TPSA) is 38.7 Å². The second-order valence-corrected chi connectivity index (χ2v) is 18.8. The van der Waals surface area contributed by atoms with Gasteiger partial charge in [0.05, 0.1) is 17.1 Å². The highest BCUT2D eigenvalue weighted by Crippen LogP contribution is 2.43. The number of thiophene rings is 1. The Morgan fingerprint density at radius 2 is 0.866 bits per heavy atom. The molecule has 4 aromatic heterocycles. The minimum absolute atomic E-state index is 0.933. The first kappa shape index (κ1) is 41.9. The quantitative estimate of drug-likeness (QED) is 0.123. The van der Waals surface area contributed by atoms with Gasteiger partial charge in [-0.25, -0.2) is 0 Å². The minimum atomic E-state index is 0.933. The molecule has 0 saturated carbocycles. The third-order valence-corrected chi connectivity index (χ3v) is 14.1. The first-order valence-electron chi connectivity index (χ1n) is 23.2. The van der Waals surface area contributed by atoms with E-state index in [9.17, 15) is 0 Å². The maximum absolute atomic E-state index is 4.77. The van der Waals surface area contributed by atoms with Crippen molar-refractivity contribution in [2.24, 2.45) is 0 Å². The summed E-state index contributed by atoms with van der Waals surface area (Å²) in [7, 11) is 0. The number of hydrogen-bond acceptors (Lipinski definition) is 4. The molecule has 0 amide bonds. The molecule has 0 fully saturated rings. The van der Waals surface area contributed by atoms with Crippen molar-refractivity contribution < 1.29 is 0 Å². The SMILES string of the molecule is Cc1ccc(-c2ccc(CCc3cc(CCc4ccc(-c5ccc(C)cn5)cc4)cc(-c4ccccc4-c4ccc(-c5ccccn5)cc4-c4ccc5c(c4)sc4ccccc45)c3)cc2)nc1. The van der Waals surface area contributed by atoms with Gasteiger partial charge < -0.3 is 0 Å². The van der Waals surface area contributed by atoms with Crippen LogP contribution in [-0.2, 0) is 25.7 Å². The molecule has 0 aliphatic rings. The Morgan fingerprint density at radius 3 is 1.49 bits per heavy atom. The summed E-state index contributed by atoms with van der Waals surface area (Å²) in [6.45, 7) is 4.15. The second kappa shape index (κ2) is 18.6. The van der Waals surface area contributed by atoms with E-state index in [4.69, 9.17) is 4.98 Å². The third kappa shape index (κ3) is 9.09. The Kier molecular flexibility index (Phi) is 11.6. The standard InChI is InChI=1S/C63H49N3S/c1-42-14-32-60(65-40-42)48-24-20-44(21-25-48)16-18-46-35-47(19-17-45-22-26-49(27-23-45)61-33-15-43(2)41-66-61)37-52(36-46)53-9-3-4-10-54(53)55-30-29-51(59-12-7-8-34-64-59)38-58(55)50-28-31-57-56-11-5-6-13-62(56)67-63(57)39-50/h3-15,20-41H,16-19H2,1-2H3. The number of hydrogen-bond donors (Lipinski definition) is 0. The highest BCUT2D eigenvalue weighted by atomic mass is 32.1. The van der Waals surface area contributed by atoms with E-state index in [0.29, 0.717) is 0 Å². The smallest absolute Gasteiger partial charge is 0.0702 e. The molecule has 0 spiro atoms. The van der Waals surface area contributed by atoms with Crippen molar-refractivity contribution in [3.05, 3.63) is 246 Å². The van der Waals surface area contributed by atoms with Gasteiger partial charge in [-0.05, 0) is 149 Å². The zero-order chi connectivity index (χ0) is 45.1. The van der Waals surface area contributed by atoms with Gasteiger partial charge in [-0.3, -0.25) is 15.0 Å². The van der Waals surface area contributed by atoms with Crippen molar-refractivity contribution in [3.8, 4) is 67.2 Å². The lowest BCUT2D eigenvalue weighted by Gasteiger charge is -2.18. The third-order valence-electron chi connectivity index (χ3n) is 13.0. The molecule has 4 heterocycles. The molecule has 0 bridgehead atoms. The summed E-state index contributed by atoms with van der Waals surface area (Å²) in [5.74, 6) is 0. The van der Waals surface area contributed by atoms with E-state index in [2.05, 4.69) is 212 Å². The summed E-state index contributed by atoms with van der Waals surface area (Å²) in [6, 6.07) is 71.4. The van der Waals surface area contributed by atoms with Crippen LogP contribution < -0.4 is 0 Å². The number of pyridine rings is 3. The van der Waals surface area contributed by atoms with Crippen LogP contribution in [0.2, 0.25) is 0 Å². The predicted octanol–water partition coefficient (Wildman–Crippen LogP) is 16.4. The van der Waals surface area contributed by atoms with Crippen LogP contribution in [0, 0.1) is 13.8 Å². The lowest BCUT2D eigenvalue weighted by molar-refractivity contribution is 0.931. The first-order chi connectivity index (χ1) is 33.0. The van der Waals surface area contributed by atoms with E-state index in [0.717, 1.165) is 59.5 Å². The zero-order valence-corrected chi connectivity index (χ0v) is 38.6. The van der Waals surface area contributed by atoms with Crippen molar-refractivity contribution in [3.63, 3.8) is 0 Å². The molecule has 0 radical (unpaired) electrons. The summed E-state index contributed by atoms with van der Waals surface area (Å²) in [4.78, 5) is 14.1. The van der Waals surface area contributed by atoms with Crippen LogP contribution in [0.15, 0.2) is 213 Å². The molecule has 0 unspecified atom stereocenters. The van der Waals surface area contributed by atoms with Gasteiger partial charge in [0.1, 0.15) is 0 Å². The molecular formula is C63H49N3S. The highest BCUT2D eigenvalue weighted by molar-refractivity contribution is 7.25.